The summed E-state index contributed by atoms with van der Waals surface area (Å²) < 4.78 is 289. The molecule has 458 valence electrons. The van der Waals surface area contributed by atoms with Crippen molar-refractivity contribution in [1.29, 1.82) is 0 Å². The Bertz CT molecular complexity index is 4390. The molecule has 0 radical (unpaired) electrons. The molecule has 5 aromatic carbocycles. The van der Waals surface area contributed by atoms with Gasteiger partial charge in [-0.2, -0.15) is 13.4 Å². The molecule has 0 saturated carbocycles. The summed E-state index contributed by atoms with van der Waals surface area (Å²) in [5.74, 6) is -14.5. The quantitative estimate of drug-likeness (QED) is 0.0112. The third-order valence-corrected chi connectivity index (χ3v) is 19.0. The Hall–Kier alpha value is -6.08. The van der Waals surface area contributed by atoms with E-state index >= 15 is 0 Å². The SMILES string of the molecule is C.COCCN1C(=CC=CC=CC2=[N+](CCCCCC(=O)Oc3c(F)c(F)c(S(=O)(=O)[O-])c(F)c3F)c3ccc4c(S(=O)(=O)[O-])cc(S(=O)(=O)[O-])cc4c3C2(C)C)C(C)(CCCS(=O)(=O)[O-])c2c1ccc1c(S(=O)(=O)[O-])cc(S(=O)(=O)[O-])cc21. The topological polar surface area (TPSA) is 385 Å². The van der Waals surface area contributed by atoms with Gasteiger partial charge in [-0.05, 0) is 111 Å². The molecule has 1 atom stereocenters. The minimum atomic E-state index is -6.06. The summed E-state index contributed by atoms with van der Waals surface area (Å²) in [5.41, 5.74) is -1.07. The van der Waals surface area contributed by atoms with Crippen LogP contribution in [0.1, 0.15) is 77.8 Å². The van der Waals surface area contributed by atoms with Crippen molar-refractivity contribution >= 4 is 105 Å². The predicted octanol–water partition coefficient (Wildman–Crippen LogP) is 5.99. The first kappa shape index (κ1) is 67.1. The number of ether oxygens (including phenoxy) is 2. The zero-order valence-corrected chi connectivity index (χ0v) is 48.4. The van der Waals surface area contributed by atoms with Gasteiger partial charge < -0.3 is 41.7 Å². The van der Waals surface area contributed by atoms with Crippen LogP contribution >= 0.6 is 0 Å². The molecule has 7 rings (SSSR count). The second-order valence-corrected chi connectivity index (χ2v) is 28.0. The first-order chi connectivity index (χ1) is 38.2. The molecule has 23 nitrogen and oxygen atoms in total. The van der Waals surface area contributed by atoms with Crippen LogP contribution in [0.2, 0.25) is 0 Å². The van der Waals surface area contributed by atoms with Crippen LogP contribution in [-0.4, -0.2) is 127 Å². The average molecular weight is 1290 g/mol. The molecule has 33 heteroatoms. The van der Waals surface area contributed by atoms with Gasteiger partial charge in [0, 0.05) is 72.1 Å². The molecule has 0 saturated heterocycles. The van der Waals surface area contributed by atoms with E-state index in [1.54, 1.807) is 42.4 Å². The minimum absolute atomic E-state index is 0. The van der Waals surface area contributed by atoms with E-state index in [0.717, 1.165) is 12.1 Å². The van der Waals surface area contributed by atoms with Crippen molar-refractivity contribution in [2.24, 2.45) is 0 Å². The molecule has 0 amide bonds. The maximum Gasteiger partial charge on any atom is 0.311 e. The summed E-state index contributed by atoms with van der Waals surface area (Å²) in [6.07, 6.45) is 6.52. The molecule has 1 unspecified atom stereocenters. The molecular formula is C51H49F4N2O21S6-5. The lowest BCUT2D eigenvalue weighted by molar-refractivity contribution is -0.438. The molecule has 5 aromatic rings. The number of benzene rings is 5. The van der Waals surface area contributed by atoms with Crippen LogP contribution in [0.3, 0.4) is 0 Å². The molecule has 2 aliphatic rings. The number of fused-ring (bicyclic) bond motifs is 6. The normalized spacial score (nSPS) is 17.3. The van der Waals surface area contributed by atoms with Gasteiger partial charge in [-0.25, -0.2) is 59.3 Å². The molecule has 0 N–H and O–H groups in total. The van der Waals surface area contributed by atoms with Crippen LogP contribution in [-0.2, 0) is 81.1 Å². The highest BCUT2D eigenvalue weighted by Crippen LogP contribution is 2.54. The molecule has 0 spiro atoms. The van der Waals surface area contributed by atoms with E-state index in [2.05, 4.69) is 4.74 Å². The standard InChI is InChI=1S/C50H50F4N2O21S6.CH4/c1-49(2)38(12-7-5-8-13-39-50(3,19-11-23-78(58,59)60)42-33-25-29(80(64,65)66)27-37(82(70,71)72)31(33)16-18-35(42)56(39)21-22-76-4)55(34-17-15-30-32(41(34)49)24-28(79(61,62)63)26-36(30)81(67,68)69)20-10-6-9-14-40(57)77-47-43(51)45(53)48(83(73,74)75)46(54)44(47)52;/h5,7-8,12-13,15-18,24-27H,6,9-11,14,19-23H2,1-4H3,(H5-,58,59,60,61,62,63,64,65,66,67,68,69,70,71,72,73,74,75);1H4/p-5. The zero-order chi connectivity index (χ0) is 62.0. The second-order valence-electron chi connectivity index (χ2n) is 19.7. The number of carbonyl (C=O) groups is 1. The molecule has 0 aliphatic carbocycles. The molecule has 0 aromatic heterocycles. The lowest BCUT2D eigenvalue weighted by atomic mass is 9.75. The molecule has 2 heterocycles. The number of hydrogen-bond acceptors (Lipinski definition) is 22. The Balaban J connectivity index is 0.0000113. The van der Waals surface area contributed by atoms with Crippen molar-refractivity contribution in [3.63, 3.8) is 0 Å². The number of nitrogens with zero attached hydrogens (tertiary/aromatic N) is 2. The summed E-state index contributed by atoms with van der Waals surface area (Å²) in [6, 6.07) is 7.96. The zero-order valence-electron chi connectivity index (χ0n) is 43.5. The van der Waals surface area contributed by atoms with Crippen LogP contribution in [0, 0.1) is 23.3 Å². The van der Waals surface area contributed by atoms with Gasteiger partial charge in [-0.3, -0.25) is 4.79 Å². The number of hydrogen-bond donors (Lipinski definition) is 0. The van der Waals surface area contributed by atoms with E-state index in [1.807, 2.05) is 0 Å². The van der Waals surface area contributed by atoms with E-state index in [0.29, 0.717) is 29.2 Å². The first-order valence-electron chi connectivity index (χ1n) is 24.1. The third-order valence-electron chi connectivity index (χ3n) is 14.0. The van der Waals surface area contributed by atoms with Gasteiger partial charge in [0.25, 0.3) is 0 Å². The Morgan fingerprint density at radius 2 is 1.17 bits per heavy atom. The molecule has 84 heavy (non-hydrogen) atoms. The minimum Gasteiger partial charge on any atom is -0.748 e. The summed E-state index contributed by atoms with van der Waals surface area (Å²) in [6.45, 7) is 4.90. The van der Waals surface area contributed by atoms with E-state index in [-0.39, 0.29) is 97.6 Å². The number of halogens is 4. The van der Waals surface area contributed by atoms with Gasteiger partial charge in [0.1, 0.15) is 62.0 Å². The van der Waals surface area contributed by atoms with Gasteiger partial charge >= 0.3 is 5.97 Å². The van der Waals surface area contributed by atoms with Crippen molar-refractivity contribution in [3.8, 4) is 5.75 Å². The number of anilines is 1. The van der Waals surface area contributed by atoms with Gasteiger partial charge in [0.2, 0.25) is 23.1 Å². The van der Waals surface area contributed by atoms with Crippen LogP contribution in [0.25, 0.3) is 21.5 Å². The average Bonchev–Trinajstić information content (AvgIpc) is 1.55. The highest BCUT2D eigenvalue weighted by molar-refractivity contribution is 7.87. The molecule has 0 fully saturated rings. The van der Waals surface area contributed by atoms with Crippen molar-refractivity contribution < 1.29 is 114 Å². The third kappa shape index (κ3) is 13.5. The first-order valence-corrected chi connectivity index (χ1v) is 32.8. The largest absolute Gasteiger partial charge is 0.748 e. The second kappa shape index (κ2) is 24.0. The van der Waals surface area contributed by atoms with E-state index < -0.39 is 143 Å². The van der Waals surface area contributed by atoms with E-state index in [9.17, 15) is 100 Å². The highest BCUT2D eigenvalue weighted by atomic mass is 32.2. The number of methoxy groups -OCH3 is 1. The van der Waals surface area contributed by atoms with Crippen molar-refractivity contribution in [2.75, 3.05) is 37.5 Å². The number of carbonyl (C=O) groups excluding carboxylic acids is 1. The van der Waals surface area contributed by atoms with Crippen LogP contribution in [0.4, 0.5) is 28.9 Å². The Labute approximate surface area is 481 Å². The fraction of sp³-hybridized carbons (Fsp3) is 0.333. The smallest absolute Gasteiger partial charge is 0.311 e. The highest BCUT2D eigenvalue weighted by Gasteiger charge is 2.47. The summed E-state index contributed by atoms with van der Waals surface area (Å²) in [4.78, 5) is 7.69. The van der Waals surface area contributed by atoms with Crippen LogP contribution in [0.15, 0.2) is 109 Å². The monoisotopic (exact) mass is 1290 g/mol. The Morgan fingerprint density at radius 1 is 0.631 bits per heavy atom. The van der Waals surface area contributed by atoms with Crippen molar-refractivity contribution in [3.05, 3.63) is 119 Å². The van der Waals surface area contributed by atoms with Crippen molar-refractivity contribution in [1.82, 2.24) is 0 Å². The van der Waals surface area contributed by atoms with E-state index in [4.69, 9.17) is 4.74 Å². The maximum atomic E-state index is 14.6. The number of esters is 1. The summed E-state index contributed by atoms with van der Waals surface area (Å²) in [5, 5.41) is -0.827. The lowest BCUT2D eigenvalue weighted by Gasteiger charge is -2.31. The fourth-order valence-electron chi connectivity index (χ4n) is 10.5. The number of allylic oxidation sites excluding steroid dienone is 6. The number of rotatable bonds is 22. The molecule has 0 bridgehead atoms. The maximum absolute atomic E-state index is 14.6. The number of unbranched alkanes of at least 4 members (excludes halogenated alkanes) is 2. The van der Waals surface area contributed by atoms with Gasteiger partial charge in [0.15, 0.2) is 17.3 Å². The lowest BCUT2D eigenvalue weighted by Crippen LogP contribution is -2.31. The van der Waals surface area contributed by atoms with E-state index in [1.165, 1.54) is 49.6 Å². The van der Waals surface area contributed by atoms with Gasteiger partial charge in [-0.1, -0.05) is 31.7 Å². The summed E-state index contributed by atoms with van der Waals surface area (Å²) in [7, 11) is -31.2. The van der Waals surface area contributed by atoms with Gasteiger partial charge in [0.05, 0.1) is 41.7 Å². The van der Waals surface area contributed by atoms with Crippen LogP contribution < -0.4 is 9.64 Å². The van der Waals surface area contributed by atoms with Gasteiger partial charge in [-0.15, -0.1) is 0 Å². The predicted molar refractivity (Wildman–Crippen MR) is 284 cm³/mol. The molecular weight excluding hydrogens is 1240 g/mol. The molecule has 2 aliphatic heterocycles. The summed E-state index contributed by atoms with van der Waals surface area (Å²) >= 11 is 0. The van der Waals surface area contributed by atoms with Crippen LogP contribution in [0.5, 0.6) is 5.75 Å². The Kier molecular flexibility index (Phi) is 19.2. The fourth-order valence-corrected chi connectivity index (χ4v) is 14.2. The Morgan fingerprint density at radius 3 is 1.67 bits per heavy atom. The van der Waals surface area contributed by atoms with Crippen molar-refractivity contribution in [2.45, 2.75) is 102 Å².